The Balaban J connectivity index is 2.22. The molecule has 0 fully saturated rings. The Morgan fingerprint density at radius 3 is 2.62 bits per heavy atom. The van der Waals surface area contributed by atoms with Crippen LogP contribution >= 0.6 is 11.6 Å². The lowest BCUT2D eigenvalue weighted by molar-refractivity contribution is -0.117. The van der Waals surface area contributed by atoms with Crippen LogP contribution < -0.4 is 4.90 Å². The quantitative estimate of drug-likeness (QED) is 0.734. The highest BCUT2D eigenvalue weighted by Crippen LogP contribution is 2.34. The highest BCUT2D eigenvalue weighted by Gasteiger charge is 2.19. The molecule has 106 valence electrons. The van der Waals surface area contributed by atoms with Crippen LogP contribution in [0.4, 0.5) is 11.4 Å². The van der Waals surface area contributed by atoms with Crippen LogP contribution in [-0.2, 0) is 4.79 Å². The number of fused-ring (bicyclic) bond motifs is 1. The number of aromatic amines is 1. The summed E-state index contributed by atoms with van der Waals surface area (Å²) in [6.45, 7) is 1.86. The van der Waals surface area contributed by atoms with E-state index >= 15 is 0 Å². The molecule has 0 spiro atoms. The number of hydrogen-bond donors (Lipinski definition) is 1. The Morgan fingerprint density at radius 1 is 1.14 bits per heavy atom. The molecule has 0 unspecified atom stereocenters. The maximum absolute atomic E-state index is 12.4. The van der Waals surface area contributed by atoms with Crippen molar-refractivity contribution in [3.63, 3.8) is 0 Å². The van der Waals surface area contributed by atoms with E-state index in [1.54, 1.807) is 11.1 Å². The van der Waals surface area contributed by atoms with Gasteiger partial charge in [-0.3, -0.25) is 9.69 Å². The van der Waals surface area contributed by atoms with Crippen molar-refractivity contribution in [3.8, 4) is 0 Å². The molecule has 0 aliphatic heterocycles. The number of nitrogens with zero attached hydrogens (tertiary/aromatic N) is 1. The normalized spacial score (nSPS) is 10.8. The van der Waals surface area contributed by atoms with E-state index < -0.39 is 0 Å². The number of carbonyl (C=O) groups is 1. The lowest BCUT2D eigenvalue weighted by Gasteiger charge is -2.23. The summed E-state index contributed by atoms with van der Waals surface area (Å²) in [5.74, 6) is 0.0411. The smallest absolute Gasteiger partial charge is 0.231 e. The van der Waals surface area contributed by atoms with Crippen LogP contribution in [0.25, 0.3) is 10.9 Å². The maximum Gasteiger partial charge on any atom is 0.231 e. The van der Waals surface area contributed by atoms with Gasteiger partial charge in [0.2, 0.25) is 5.91 Å². The number of halogens is 1. The van der Waals surface area contributed by atoms with Crippen molar-refractivity contribution in [1.82, 2.24) is 4.98 Å². The summed E-state index contributed by atoms with van der Waals surface area (Å²) < 4.78 is 0. The summed E-state index contributed by atoms with van der Waals surface area (Å²) >= 11 is 6.17. The van der Waals surface area contributed by atoms with E-state index in [0.717, 1.165) is 22.3 Å². The number of anilines is 2. The monoisotopic (exact) mass is 298 g/mol. The van der Waals surface area contributed by atoms with Crippen molar-refractivity contribution in [3.05, 3.63) is 59.8 Å². The zero-order valence-electron chi connectivity index (χ0n) is 11.6. The molecule has 1 aromatic heterocycles. The Labute approximate surface area is 128 Å². The number of nitrogens with one attached hydrogen (secondary N) is 1. The third kappa shape index (κ3) is 2.41. The van der Waals surface area contributed by atoms with Crippen LogP contribution in [0, 0.1) is 0 Å². The molecular formula is C17H15ClN2O. The molecular weight excluding hydrogens is 284 g/mol. The minimum absolute atomic E-state index is 0.0411. The van der Waals surface area contributed by atoms with Crippen LogP contribution in [0.1, 0.15) is 13.3 Å². The molecule has 1 amide bonds. The molecule has 0 saturated heterocycles. The fourth-order valence-corrected chi connectivity index (χ4v) is 2.66. The van der Waals surface area contributed by atoms with Crippen molar-refractivity contribution < 1.29 is 4.79 Å². The van der Waals surface area contributed by atoms with Crippen LogP contribution in [-0.4, -0.2) is 10.9 Å². The average molecular weight is 299 g/mol. The van der Waals surface area contributed by atoms with Crippen molar-refractivity contribution >= 4 is 39.8 Å². The first-order valence-electron chi connectivity index (χ1n) is 6.86. The number of carbonyl (C=O) groups excluding carboxylic acids is 1. The van der Waals surface area contributed by atoms with Gasteiger partial charge in [0.1, 0.15) is 0 Å². The van der Waals surface area contributed by atoms with Crippen LogP contribution in [0.3, 0.4) is 0 Å². The fraction of sp³-hybridized carbons (Fsp3) is 0.118. The molecule has 2 aromatic carbocycles. The fourth-order valence-electron chi connectivity index (χ4n) is 2.44. The van der Waals surface area contributed by atoms with Gasteiger partial charge in [-0.1, -0.05) is 48.9 Å². The lowest BCUT2D eigenvalue weighted by atomic mass is 10.1. The summed E-state index contributed by atoms with van der Waals surface area (Å²) in [4.78, 5) is 17.3. The summed E-state index contributed by atoms with van der Waals surface area (Å²) in [5.41, 5.74) is 2.54. The van der Waals surface area contributed by atoms with Crippen LogP contribution in [0.5, 0.6) is 0 Å². The second-order valence-electron chi connectivity index (χ2n) is 4.75. The second-order valence-corrected chi connectivity index (χ2v) is 5.16. The van der Waals surface area contributed by atoms with Gasteiger partial charge >= 0.3 is 0 Å². The van der Waals surface area contributed by atoms with Gasteiger partial charge in [-0.05, 0) is 18.2 Å². The largest absolute Gasteiger partial charge is 0.358 e. The highest BCUT2D eigenvalue weighted by atomic mass is 35.5. The van der Waals surface area contributed by atoms with Gasteiger partial charge in [0.15, 0.2) is 0 Å². The molecule has 3 rings (SSSR count). The van der Waals surface area contributed by atoms with Crippen LogP contribution in [0.15, 0.2) is 54.7 Å². The maximum atomic E-state index is 12.4. The van der Waals surface area contributed by atoms with E-state index in [-0.39, 0.29) is 5.91 Å². The van der Waals surface area contributed by atoms with Gasteiger partial charge in [0, 0.05) is 23.7 Å². The number of H-pyrrole nitrogens is 1. The van der Waals surface area contributed by atoms with E-state index in [2.05, 4.69) is 4.98 Å². The second kappa shape index (κ2) is 5.62. The number of para-hydroxylation sites is 2. The number of rotatable bonds is 3. The molecule has 0 atom stereocenters. The van der Waals surface area contributed by atoms with E-state index in [9.17, 15) is 4.79 Å². The van der Waals surface area contributed by atoms with Crippen molar-refractivity contribution in [2.45, 2.75) is 13.3 Å². The minimum Gasteiger partial charge on any atom is -0.358 e. The van der Waals surface area contributed by atoms with Gasteiger partial charge in [0.25, 0.3) is 0 Å². The van der Waals surface area contributed by atoms with Gasteiger partial charge < -0.3 is 4.98 Å². The number of benzene rings is 2. The molecule has 3 nitrogen and oxygen atoms in total. The Kier molecular flexibility index (Phi) is 3.67. The average Bonchev–Trinajstić information content (AvgIpc) is 2.91. The summed E-state index contributed by atoms with van der Waals surface area (Å²) in [5, 5.41) is 1.57. The summed E-state index contributed by atoms with van der Waals surface area (Å²) in [7, 11) is 0. The summed E-state index contributed by atoms with van der Waals surface area (Å²) in [6.07, 6.45) is 2.18. The van der Waals surface area contributed by atoms with Crippen molar-refractivity contribution in [2.75, 3.05) is 4.90 Å². The molecule has 0 saturated carbocycles. The minimum atomic E-state index is 0.0411. The molecule has 1 N–H and O–H groups in total. The lowest BCUT2D eigenvalue weighted by Crippen LogP contribution is -2.25. The van der Waals surface area contributed by atoms with E-state index in [4.69, 9.17) is 11.6 Å². The molecule has 0 aliphatic carbocycles. The van der Waals surface area contributed by atoms with E-state index in [1.165, 1.54) is 0 Å². The molecule has 3 aromatic rings. The molecule has 1 heterocycles. The molecule has 21 heavy (non-hydrogen) atoms. The number of hydrogen-bond acceptors (Lipinski definition) is 1. The van der Waals surface area contributed by atoms with Crippen molar-refractivity contribution in [2.24, 2.45) is 0 Å². The number of aromatic nitrogens is 1. The molecule has 4 heteroatoms. The molecule has 0 aliphatic rings. The van der Waals surface area contributed by atoms with Crippen molar-refractivity contribution in [1.29, 1.82) is 0 Å². The Bertz CT molecular complexity index is 780. The van der Waals surface area contributed by atoms with Gasteiger partial charge in [-0.2, -0.15) is 0 Å². The Morgan fingerprint density at radius 2 is 1.90 bits per heavy atom. The van der Waals surface area contributed by atoms with E-state index in [0.29, 0.717) is 11.4 Å². The Hall–Kier alpha value is -2.26. The number of amides is 1. The summed E-state index contributed by atoms with van der Waals surface area (Å²) in [6, 6.07) is 15.4. The highest BCUT2D eigenvalue weighted by molar-refractivity contribution is 6.36. The van der Waals surface area contributed by atoms with E-state index in [1.807, 2.05) is 55.5 Å². The molecule has 0 bridgehead atoms. The predicted octanol–water partition coefficient (Wildman–Crippen LogP) is 4.90. The molecule has 0 radical (unpaired) electrons. The van der Waals surface area contributed by atoms with Gasteiger partial charge in [-0.15, -0.1) is 0 Å². The zero-order valence-corrected chi connectivity index (χ0v) is 12.4. The SMILES string of the molecule is CCC(=O)N(c1ccccc1)c1cccc2c(Cl)c[nH]c12. The standard InChI is InChI=1S/C17H15ClN2O/c1-2-16(21)20(12-7-4-3-5-8-12)15-10-6-9-13-14(18)11-19-17(13)15/h3-11,19H,2H2,1H3. The third-order valence-electron chi connectivity index (χ3n) is 3.45. The van der Waals surface area contributed by atoms with Gasteiger partial charge in [0.05, 0.1) is 16.2 Å². The van der Waals surface area contributed by atoms with Gasteiger partial charge in [-0.25, -0.2) is 0 Å². The first-order valence-corrected chi connectivity index (χ1v) is 7.23. The first kappa shape index (κ1) is 13.7. The zero-order chi connectivity index (χ0) is 14.8. The predicted molar refractivity (Wildman–Crippen MR) is 87.2 cm³/mol. The van der Waals surface area contributed by atoms with Crippen LogP contribution in [0.2, 0.25) is 5.02 Å². The topological polar surface area (TPSA) is 36.1 Å². The first-order chi connectivity index (χ1) is 10.2. The third-order valence-corrected chi connectivity index (χ3v) is 3.76.